The largest absolute Gasteiger partial charge is 0.494 e. The van der Waals surface area contributed by atoms with E-state index < -0.39 is 0 Å². The van der Waals surface area contributed by atoms with Gasteiger partial charge < -0.3 is 14.8 Å². The highest BCUT2D eigenvalue weighted by molar-refractivity contribution is 5.75. The topological polar surface area (TPSA) is 43.4 Å². The SMILES string of the molecule is CCCCc1ccc(Nc2ccc(-c3ccnc(-c4ccc(OCC)cc4OCC)c3)cc2)cc1. The zero-order valence-electron chi connectivity index (χ0n) is 20.9. The number of hydrogen-bond acceptors (Lipinski definition) is 4. The lowest BCUT2D eigenvalue weighted by Crippen LogP contribution is -1.98. The summed E-state index contributed by atoms with van der Waals surface area (Å²) < 4.78 is 11.5. The zero-order valence-corrected chi connectivity index (χ0v) is 20.9. The van der Waals surface area contributed by atoms with Gasteiger partial charge in [0.25, 0.3) is 0 Å². The highest BCUT2D eigenvalue weighted by atomic mass is 16.5. The van der Waals surface area contributed by atoms with Crippen molar-refractivity contribution in [2.75, 3.05) is 18.5 Å². The molecule has 0 saturated carbocycles. The molecule has 4 nitrogen and oxygen atoms in total. The van der Waals surface area contributed by atoms with Gasteiger partial charge in [0.1, 0.15) is 11.5 Å². The zero-order chi connectivity index (χ0) is 24.5. The van der Waals surface area contributed by atoms with Crippen LogP contribution in [0.5, 0.6) is 11.5 Å². The van der Waals surface area contributed by atoms with Gasteiger partial charge >= 0.3 is 0 Å². The van der Waals surface area contributed by atoms with Gasteiger partial charge in [0, 0.05) is 29.2 Å². The molecule has 0 atom stereocenters. The van der Waals surface area contributed by atoms with Gasteiger partial charge in [-0.15, -0.1) is 0 Å². The molecule has 0 unspecified atom stereocenters. The van der Waals surface area contributed by atoms with E-state index in [9.17, 15) is 0 Å². The van der Waals surface area contributed by atoms with Crippen LogP contribution in [0.3, 0.4) is 0 Å². The fourth-order valence-electron chi connectivity index (χ4n) is 4.05. The third-order valence-corrected chi connectivity index (χ3v) is 5.88. The Morgan fingerprint density at radius 1 is 0.714 bits per heavy atom. The summed E-state index contributed by atoms with van der Waals surface area (Å²) in [5.41, 5.74) is 7.63. The minimum Gasteiger partial charge on any atom is -0.494 e. The molecular formula is C31H34N2O2. The Morgan fingerprint density at radius 3 is 2.11 bits per heavy atom. The predicted octanol–water partition coefficient (Wildman–Crippen LogP) is 8.30. The first kappa shape index (κ1) is 24.3. The molecule has 0 spiro atoms. The van der Waals surface area contributed by atoms with E-state index in [2.05, 4.69) is 71.8 Å². The summed E-state index contributed by atoms with van der Waals surface area (Å²) in [5.74, 6) is 1.58. The average molecular weight is 467 g/mol. The molecule has 1 aromatic heterocycles. The van der Waals surface area contributed by atoms with Crippen molar-refractivity contribution in [3.8, 4) is 33.9 Å². The Kier molecular flexibility index (Phi) is 8.39. The summed E-state index contributed by atoms with van der Waals surface area (Å²) >= 11 is 0. The van der Waals surface area contributed by atoms with Gasteiger partial charge in [-0.1, -0.05) is 37.6 Å². The molecule has 4 heteroatoms. The number of aryl methyl sites for hydroxylation is 1. The van der Waals surface area contributed by atoms with Crippen molar-refractivity contribution in [1.82, 2.24) is 4.98 Å². The number of hydrogen-bond donors (Lipinski definition) is 1. The van der Waals surface area contributed by atoms with Gasteiger partial charge in [-0.3, -0.25) is 4.98 Å². The molecule has 35 heavy (non-hydrogen) atoms. The summed E-state index contributed by atoms with van der Waals surface area (Å²) in [6.07, 6.45) is 5.45. The monoisotopic (exact) mass is 466 g/mol. The molecule has 0 saturated heterocycles. The van der Waals surface area contributed by atoms with Crippen LogP contribution in [-0.4, -0.2) is 18.2 Å². The first-order valence-corrected chi connectivity index (χ1v) is 12.5. The van der Waals surface area contributed by atoms with Crippen LogP contribution < -0.4 is 14.8 Å². The summed E-state index contributed by atoms with van der Waals surface area (Å²) in [7, 11) is 0. The number of ether oxygens (including phenoxy) is 2. The number of benzene rings is 3. The van der Waals surface area contributed by atoms with E-state index in [4.69, 9.17) is 9.47 Å². The maximum Gasteiger partial charge on any atom is 0.132 e. The molecule has 4 rings (SSSR count). The summed E-state index contributed by atoms with van der Waals surface area (Å²) in [6.45, 7) is 7.39. The molecule has 4 aromatic rings. The van der Waals surface area contributed by atoms with E-state index in [1.54, 1.807) is 0 Å². The van der Waals surface area contributed by atoms with Crippen molar-refractivity contribution in [2.45, 2.75) is 40.0 Å². The van der Waals surface area contributed by atoms with Gasteiger partial charge in [0.05, 0.1) is 18.9 Å². The van der Waals surface area contributed by atoms with Crippen LogP contribution in [0.4, 0.5) is 11.4 Å². The summed E-state index contributed by atoms with van der Waals surface area (Å²) in [4.78, 5) is 4.62. The average Bonchev–Trinajstić information content (AvgIpc) is 2.89. The number of rotatable bonds is 11. The normalized spacial score (nSPS) is 10.7. The fraction of sp³-hybridized carbons (Fsp3) is 0.258. The highest BCUT2D eigenvalue weighted by Gasteiger charge is 2.11. The van der Waals surface area contributed by atoms with E-state index in [1.807, 2.05) is 44.3 Å². The van der Waals surface area contributed by atoms with Crippen molar-refractivity contribution in [1.29, 1.82) is 0 Å². The van der Waals surface area contributed by atoms with Crippen LogP contribution in [0.1, 0.15) is 39.2 Å². The summed E-state index contributed by atoms with van der Waals surface area (Å²) in [6, 6.07) is 27.3. The van der Waals surface area contributed by atoms with Crippen molar-refractivity contribution in [2.24, 2.45) is 0 Å². The second kappa shape index (κ2) is 12.1. The molecule has 180 valence electrons. The molecule has 0 fully saturated rings. The van der Waals surface area contributed by atoms with Gasteiger partial charge in [-0.2, -0.15) is 0 Å². The van der Waals surface area contributed by atoms with E-state index in [0.29, 0.717) is 13.2 Å². The van der Waals surface area contributed by atoms with Crippen LogP contribution >= 0.6 is 0 Å². The Labute approximate surface area is 209 Å². The lowest BCUT2D eigenvalue weighted by Gasteiger charge is -2.13. The van der Waals surface area contributed by atoms with Crippen LogP contribution in [0.15, 0.2) is 85.1 Å². The molecule has 1 heterocycles. The standard InChI is InChI=1S/C31H34N2O2/c1-4-7-8-23-9-13-26(14-10-23)33-27-15-11-24(12-16-27)25-19-20-32-30(21-25)29-18-17-28(34-5-2)22-31(29)35-6-3/h9-22,33H,4-8H2,1-3H3. The van der Waals surface area contributed by atoms with Gasteiger partial charge in [0.2, 0.25) is 0 Å². The Morgan fingerprint density at radius 2 is 1.43 bits per heavy atom. The Bertz CT molecular complexity index is 1220. The smallest absolute Gasteiger partial charge is 0.132 e. The van der Waals surface area contributed by atoms with E-state index >= 15 is 0 Å². The molecule has 0 aliphatic carbocycles. The van der Waals surface area contributed by atoms with E-state index in [-0.39, 0.29) is 0 Å². The van der Waals surface area contributed by atoms with E-state index in [1.165, 1.54) is 18.4 Å². The number of unbranched alkanes of at least 4 members (excludes halogenated alkanes) is 1. The molecule has 1 N–H and O–H groups in total. The van der Waals surface area contributed by atoms with Crippen molar-refractivity contribution < 1.29 is 9.47 Å². The highest BCUT2D eigenvalue weighted by Crippen LogP contribution is 2.34. The molecule has 0 amide bonds. The molecule has 0 radical (unpaired) electrons. The maximum absolute atomic E-state index is 5.89. The van der Waals surface area contributed by atoms with Crippen molar-refractivity contribution in [3.63, 3.8) is 0 Å². The third-order valence-electron chi connectivity index (χ3n) is 5.88. The molecule has 0 aliphatic rings. The van der Waals surface area contributed by atoms with E-state index in [0.717, 1.165) is 51.7 Å². The third kappa shape index (κ3) is 6.42. The van der Waals surface area contributed by atoms with Crippen LogP contribution in [0.25, 0.3) is 22.4 Å². The van der Waals surface area contributed by atoms with Gasteiger partial charge in [0.15, 0.2) is 0 Å². The first-order valence-electron chi connectivity index (χ1n) is 12.5. The molecule has 3 aromatic carbocycles. The van der Waals surface area contributed by atoms with Crippen LogP contribution in [-0.2, 0) is 6.42 Å². The summed E-state index contributed by atoms with van der Waals surface area (Å²) in [5, 5.41) is 3.50. The van der Waals surface area contributed by atoms with Gasteiger partial charge in [-0.25, -0.2) is 0 Å². The van der Waals surface area contributed by atoms with Crippen LogP contribution in [0.2, 0.25) is 0 Å². The van der Waals surface area contributed by atoms with Gasteiger partial charge in [-0.05, 0) is 91.9 Å². The minimum absolute atomic E-state index is 0.582. The predicted molar refractivity (Wildman–Crippen MR) is 146 cm³/mol. The Hall–Kier alpha value is -3.79. The second-order valence-electron chi connectivity index (χ2n) is 8.46. The number of nitrogens with one attached hydrogen (secondary N) is 1. The second-order valence-corrected chi connectivity index (χ2v) is 8.46. The first-order chi connectivity index (χ1) is 17.2. The lowest BCUT2D eigenvalue weighted by molar-refractivity contribution is 0.324. The maximum atomic E-state index is 5.89. The fourth-order valence-corrected chi connectivity index (χ4v) is 4.05. The molecular weight excluding hydrogens is 432 g/mol. The lowest BCUT2D eigenvalue weighted by atomic mass is 10.0. The molecule has 0 aliphatic heterocycles. The van der Waals surface area contributed by atoms with Crippen molar-refractivity contribution >= 4 is 11.4 Å². The Balaban J connectivity index is 1.51. The number of nitrogens with zero attached hydrogens (tertiary/aromatic N) is 1. The molecule has 0 bridgehead atoms. The number of aromatic nitrogens is 1. The van der Waals surface area contributed by atoms with Crippen molar-refractivity contribution in [3.05, 3.63) is 90.6 Å². The number of anilines is 2. The van der Waals surface area contributed by atoms with Crippen LogP contribution in [0, 0.1) is 0 Å². The quantitative estimate of drug-likeness (QED) is 0.241. The number of pyridine rings is 1. The minimum atomic E-state index is 0.582.